The average Bonchev–Trinajstić information content (AvgIpc) is 2.51. The molecule has 1 aromatic rings. The van der Waals surface area contributed by atoms with Gasteiger partial charge in [-0.3, -0.25) is 10.1 Å². The van der Waals surface area contributed by atoms with Crippen LogP contribution in [0.25, 0.3) is 0 Å². The van der Waals surface area contributed by atoms with Crippen LogP contribution in [0.4, 0.5) is 13.9 Å². The summed E-state index contributed by atoms with van der Waals surface area (Å²) < 4.78 is 23.8. The summed E-state index contributed by atoms with van der Waals surface area (Å²) in [7, 11) is 0. The molecule has 0 saturated heterocycles. The summed E-state index contributed by atoms with van der Waals surface area (Å²) in [4.78, 5) is 10.6. The van der Waals surface area contributed by atoms with Gasteiger partial charge in [-0.1, -0.05) is 25.2 Å². The Balaban J connectivity index is 2.56. The van der Waals surface area contributed by atoms with Crippen molar-refractivity contribution < 1.29 is 13.6 Å². The van der Waals surface area contributed by atoms with Gasteiger partial charge in [-0.05, 0) is 5.92 Å². The number of carbonyl (C=O) groups excluding carboxylic acids is 1. The summed E-state index contributed by atoms with van der Waals surface area (Å²) in [5, 5.41) is 10.2. The lowest BCUT2D eigenvalue weighted by molar-refractivity contribution is -0.126. The number of nitrogens with one attached hydrogen (secondary N) is 1. The van der Waals surface area contributed by atoms with Crippen LogP contribution in [0.2, 0.25) is 0 Å². The minimum Gasteiger partial charge on any atom is -0.296 e. The van der Waals surface area contributed by atoms with E-state index in [0.29, 0.717) is 5.92 Å². The molecule has 0 fully saturated rings. The Morgan fingerprint density at radius 1 is 1.47 bits per heavy atom. The van der Waals surface area contributed by atoms with Crippen molar-refractivity contribution in [1.82, 2.24) is 10.2 Å². The number of nitrogens with zero attached hydrogens (tertiary/aromatic N) is 2. The van der Waals surface area contributed by atoms with E-state index in [1.54, 1.807) is 0 Å². The second-order valence-electron chi connectivity index (χ2n) is 3.39. The Labute approximate surface area is 89.7 Å². The predicted molar refractivity (Wildman–Crippen MR) is 53.1 cm³/mol. The minimum absolute atomic E-state index is 0.121. The topological polar surface area (TPSA) is 54.9 Å². The fourth-order valence-corrected chi connectivity index (χ4v) is 1.85. The van der Waals surface area contributed by atoms with Crippen LogP contribution in [0.1, 0.15) is 18.9 Å². The molecule has 7 heteroatoms. The van der Waals surface area contributed by atoms with Gasteiger partial charge in [0.05, 0.1) is 0 Å². The van der Waals surface area contributed by atoms with Gasteiger partial charge >= 0.3 is 6.43 Å². The molecule has 0 spiro atoms. The zero-order valence-corrected chi connectivity index (χ0v) is 9.15. The van der Waals surface area contributed by atoms with Crippen LogP contribution < -0.4 is 5.32 Å². The number of halogens is 2. The maximum absolute atomic E-state index is 11.9. The van der Waals surface area contributed by atoms with E-state index in [-0.39, 0.29) is 5.13 Å². The molecule has 4 nitrogen and oxygen atoms in total. The molecule has 84 valence electrons. The Hall–Kier alpha value is -1.11. The van der Waals surface area contributed by atoms with Crippen LogP contribution in [0, 0.1) is 5.92 Å². The number of alkyl halides is 2. The van der Waals surface area contributed by atoms with Crippen molar-refractivity contribution in [3.8, 4) is 0 Å². The quantitative estimate of drug-likeness (QED) is 0.867. The van der Waals surface area contributed by atoms with E-state index in [2.05, 4.69) is 10.2 Å². The predicted octanol–water partition coefficient (Wildman–Crippen LogP) is 1.94. The fourth-order valence-electron chi connectivity index (χ4n) is 0.896. The summed E-state index contributed by atoms with van der Waals surface area (Å²) in [6, 6.07) is 0. The van der Waals surface area contributed by atoms with Crippen LogP contribution in [0.3, 0.4) is 0 Å². The molecule has 0 aliphatic heterocycles. The van der Waals surface area contributed by atoms with E-state index in [0.717, 1.165) is 22.8 Å². The molecule has 1 rings (SSSR count). The highest BCUT2D eigenvalue weighted by atomic mass is 32.1. The van der Waals surface area contributed by atoms with E-state index in [1.165, 1.54) is 0 Å². The van der Waals surface area contributed by atoms with Crippen LogP contribution >= 0.6 is 11.3 Å². The third kappa shape index (κ3) is 3.86. The minimum atomic E-state index is -3.03. The molecule has 0 aromatic carbocycles. The lowest BCUT2D eigenvalue weighted by Crippen LogP contribution is -2.19. The molecule has 0 saturated carbocycles. The Bertz CT molecular complexity index is 340. The van der Waals surface area contributed by atoms with Gasteiger partial charge in [-0.25, -0.2) is 0 Å². The summed E-state index contributed by atoms with van der Waals surface area (Å²) in [6.07, 6.45) is -2.30. The second-order valence-corrected chi connectivity index (χ2v) is 4.45. The smallest absolute Gasteiger partial charge is 0.296 e. The molecule has 15 heavy (non-hydrogen) atoms. The highest BCUT2D eigenvalue weighted by Crippen LogP contribution is 2.18. The molecule has 1 aromatic heterocycles. The number of hydrogen-bond donors (Lipinski definition) is 1. The highest BCUT2D eigenvalue weighted by Gasteiger charge is 2.17. The van der Waals surface area contributed by atoms with Gasteiger partial charge in [0.15, 0.2) is 0 Å². The molecule has 0 bridgehead atoms. The summed E-state index contributed by atoms with van der Waals surface area (Å²) in [6.45, 7) is 4.03. The maximum atomic E-state index is 11.9. The lowest BCUT2D eigenvalue weighted by atomic mass is 10.1. The van der Waals surface area contributed by atoms with Crippen molar-refractivity contribution in [2.75, 3.05) is 5.32 Å². The van der Waals surface area contributed by atoms with E-state index in [1.807, 2.05) is 19.2 Å². The van der Waals surface area contributed by atoms with Gasteiger partial charge in [-0.15, -0.1) is 10.2 Å². The molecule has 0 unspecified atom stereocenters. The monoisotopic (exact) mass is 235 g/mol. The number of hydrogen-bond acceptors (Lipinski definition) is 4. The third-order valence-electron chi connectivity index (χ3n) is 1.48. The number of amides is 1. The first-order valence-electron chi connectivity index (χ1n) is 4.40. The average molecular weight is 235 g/mol. The molecule has 0 aliphatic carbocycles. The molecular formula is C8H11F2N3OS. The molecule has 1 amide bonds. The van der Waals surface area contributed by atoms with E-state index in [4.69, 9.17) is 0 Å². The first-order chi connectivity index (χ1) is 6.99. The maximum Gasteiger partial charge on any atom is 0.315 e. The molecule has 1 N–H and O–H groups in total. The van der Waals surface area contributed by atoms with Crippen molar-refractivity contribution >= 4 is 22.4 Å². The molecule has 0 aliphatic rings. The standard InChI is InChI=1S/C8H11F2N3OS/c1-4(2)3-5-12-13-8(15-5)11-7(14)6(9)10/h4,6H,3H2,1-2H3,(H,11,13,14). The summed E-state index contributed by atoms with van der Waals surface area (Å²) in [5.74, 6) is -0.932. The van der Waals surface area contributed by atoms with Crippen molar-refractivity contribution in [2.45, 2.75) is 26.7 Å². The summed E-state index contributed by atoms with van der Waals surface area (Å²) in [5.41, 5.74) is 0. The molecule has 0 atom stereocenters. The number of carbonyl (C=O) groups is 1. The van der Waals surface area contributed by atoms with Crippen molar-refractivity contribution in [2.24, 2.45) is 5.92 Å². The van der Waals surface area contributed by atoms with Gasteiger partial charge in [0.1, 0.15) is 5.01 Å². The molecule has 0 radical (unpaired) electrons. The number of anilines is 1. The number of rotatable bonds is 4. The van der Waals surface area contributed by atoms with Crippen LogP contribution in [0.5, 0.6) is 0 Å². The second kappa shape index (κ2) is 5.11. The van der Waals surface area contributed by atoms with Gasteiger partial charge in [-0.2, -0.15) is 8.78 Å². The highest BCUT2D eigenvalue weighted by molar-refractivity contribution is 7.15. The van der Waals surface area contributed by atoms with E-state index < -0.39 is 12.3 Å². The van der Waals surface area contributed by atoms with Gasteiger partial charge in [0.2, 0.25) is 5.13 Å². The van der Waals surface area contributed by atoms with Gasteiger partial charge in [0, 0.05) is 6.42 Å². The zero-order valence-electron chi connectivity index (χ0n) is 8.33. The van der Waals surface area contributed by atoms with Crippen LogP contribution in [-0.2, 0) is 11.2 Å². The largest absolute Gasteiger partial charge is 0.315 e. The van der Waals surface area contributed by atoms with Crippen molar-refractivity contribution in [3.05, 3.63) is 5.01 Å². The normalized spacial score (nSPS) is 11.1. The fraction of sp³-hybridized carbons (Fsp3) is 0.625. The van der Waals surface area contributed by atoms with Crippen LogP contribution in [-0.4, -0.2) is 22.5 Å². The molecular weight excluding hydrogens is 224 g/mol. The van der Waals surface area contributed by atoms with Crippen molar-refractivity contribution in [1.29, 1.82) is 0 Å². The third-order valence-corrected chi connectivity index (χ3v) is 2.34. The Kier molecular flexibility index (Phi) is 4.07. The molecule has 1 heterocycles. The summed E-state index contributed by atoms with van der Waals surface area (Å²) >= 11 is 1.12. The lowest BCUT2D eigenvalue weighted by Gasteiger charge is -1.98. The van der Waals surface area contributed by atoms with Gasteiger partial charge < -0.3 is 0 Å². The van der Waals surface area contributed by atoms with Crippen LogP contribution in [0.15, 0.2) is 0 Å². The first kappa shape index (κ1) is 12.0. The number of aromatic nitrogens is 2. The van der Waals surface area contributed by atoms with E-state index >= 15 is 0 Å². The SMILES string of the molecule is CC(C)Cc1nnc(NC(=O)C(F)F)s1. The Morgan fingerprint density at radius 2 is 2.13 bits per heavy atom. The zero-order chi connectivity index (χ0) is 11.4. The Morgan fingerprint density at radius 3 is 2.67 bits per heavy atom. The van der Waals surface area contributed by atoms with Gasteiger partial charge in [0.25, 0.3) is 5.91 Å². The van der Waals surface area contributed by atoms with E-state index in [9.17, 15) is 13.6 Å². The van der Waals surface area contributed by atoms with Crippen molar-refractivity contribution in [3.63, 3.8) is 0 Å². The first-order valence-corrected chi connectivity index (χ1v) is 5.22.